The Bertz CT molecular complexity index is 444. The summed E-state index contributed by atoms with van der Waals surface area (Å²) in [7, 11) is 0. The Hall–Kier alpha value is -1.45. The van der Waals surface area contributed by atoms with Crippen molar-refractivity contribution in [1.29, 1.82) is 0 Å². The molecule has 1 aromatic carbocycles. The molecule has 1 atom stereocenters. The van der Waals surface area contributed by atoms with Crippen LogP contribution in [-0.4, -0.2) is 0 Å². The summed E-state index contributed by atoms with van der Waals surface area (Å²) in [6.07, 6.45) is -1.32. The molecule has 0 radical (unpaired) electrons. The van der Waals surface area contributed by atoms with Crippen molar-refractivity contribution in [1.82, 2.24) is 0 Å². The van der Waals surface area contributed by atoms with Gasteiger partial charge in [0, 0.05) is 11.4 Å². The summed E-state index contributed by atoms with van der Waals surface area (Å²) >= 11 is 0. The lowest BCUT2D eigenvalue weighted by atomic mass is 9.96. The van der Waals surface area contributed by atoms with Gasteiger partial charge in [0.05, 0.1) is 5.56 Å². The first kappa shape index (κ1) is 16.6. The lowest BCUT2D eigenvalue weighted by Crippen LogP contribution is -2.07. The fourth-order valence-electron chi connectivity index (χ4n) is 1.69. The highest BCUT2D eigenvalue weighted by atomic mass is 19.4. The predicted octanol–water partition coefficient (Wildman–Crippen LogP) is 5.70. The van der Waals surface area contributed by atoms with Gasteiger partial charge in [-0.15, -0.1) is 0 Å². The molecule has 0 aliphatic heterocycles. The third kappa shape index (κ3) is 4.91. The molecule has 0 aliphatic rings. The average Bonchev–Trinajstić information content (AvgIpc) is 2.37. The standard InChI is InChI=1S/C16H22F3N/c1-5-14(10-12(4)11(2)3)20-15-8-6-13(7-9-15)16(17,18)19/h6-12,20H,5H2,1-4H3/b14-10+. The molecule has 112 valence electrons. The van der Waals surface area contributed by atoms with Crippen LogP contribution in [0.5, 0.6) is 0 Å². The van der Waals surface area contributed by atoms with Crippen LogP contribution in [0.1, 0.15) is 39.7 Å². The van der Waals surface area contributed by atoms with Crippen LogP contribution in [-0.2, 0) is 6.18 Å². The van der Waals surface area contributed by atoms with Crippen LogP contribution in [0.3, 0.4) is 0 Å². The maximum absolute atomic E-state index is 12.5. The molecule has 0 amide bonds. The number of halogens is 3. The van der Waals surface area contributed by atoms with E-state index in [0.29, 0.717) is 17.5 Å². The van der Waals surface area contributed by atoms with Gasteiger partial charge in [-0.1, -0.05) is 33.8 Å². The Morgan fingerprint density at radius 2 is 1.70 bits per heavy atom. The number of hydrogen-bond acceptors (Lipinski definition) is 1. The van der Waals surface area contributed by atoms with Crippen molar-refractivity contribution >= 4 is 5.69 Å². The molecule has 0 fully saturated rings. The van der Waals surface area contributed by atoms with Crippen molar-refractivity contribution in [3.8, 4) is 0 Å². The topological polar surface area (TPSA) is 12.0 Å². The van der Waals surface area contributed by atoms with Gasteiger partial charge in [0.15, 0.2) is 0 Å². The van der Waals surface area contributed by atoms with Gasteiger partial charge in [-0.3, -0.25) is 0 Å². The van der Waals surface area contributed by atoms with Gasteiger partial charge in [0.25, 0.3) is 0 Å². The van der Waals surface area contributed by atoms with Crippen LogP contribution in [0.2, 0.25) is 0 Å². The maximum Gasteiger partial charge on any atom is 0.416 e. The van der Waals surface area contributed by atoms with E-state index in [0.717, 1.165) is 24.3 Å². The Kier molecular flexibility index (Phi) is 5.66. The summed E-state index contributed by atoms with van der Waals surface area (Å²) in [6.45, 7) is 8.45. The molecule has 4 heteroatoms. The smallest absolute Gasteiger partial charge is 0.359 e. The van der Waals surface area contributed by atoms with Crippen molar-refractivity contribution < 1.29 is 13.2 Å². The highest BCUT2D eigenvalue weighted by molar-refractivity contribution is 5.49. The first-order valence-corrected chi connectivity index (χ1v) is 6.89. The molecule has 20 heavy (non-hydrogen) atoms. The number of hydrogen-bond donors (Lipinski definition) is 1. The van der Waals surface area contributed by atoms with E-state index in [-0.39, 0.29) is 0 Å². The fourth-order valence-corrected chi connectivity index (χ4v) is 1.69. The summed E-state index contributed by atoms with van der Waals surface area (Å²) in [5.41, 5.74) is 1.09. The largest absolute Gasteiger partial charge is 0.416 e. The molecule has 1 rings (SSSR count). The van der Waals surface area contributed by atoms with E-state index >= 15 is 0 Å². The van der Waals surface area contributed by atoms with E-state index in [1.165, 1.54) is 12.1 Å². The molecule has 0 aliphatic carbocycles. The van der Waals surface area contributed by atoms with E-state index < -0.39 is 11.7 Å². The molecular weight excluding hydrogens is 263 g/mol. The lowest BCUT2D eigenvalue weighted by Gasteiger charge is -2.16. The Morgan fingerprint density at radius 1 is 1.15 bits per heavy atom. The number of anilines is 1. The monoisotopic (exact) mass is 285 g/mol. The fraction of sp³-hybridized carbons (Fsp3) is 0.500. The minimum atomic E-state index is -4.28. The lowest BCUT2D eigenvalue weighted by molar-refractivity contribution is -0.137. The molecule has 0 spiro atoms. The predicted molar refractivity (Wildman–Crippen MR) is 77.4 cm³/mol. The van der Waals surface area contributed by atoms with Crippen LogP contribution < -0.4 is 5.32 Å². The van der Waals surface area contributed by atoms with Gasteiger partial charge < -0.3 is 5.32 Å². The number of rotatable bonds is 5. The summed E-state index contributed by atoms with van der Waals surface area (Å²) < 4.78 is 37.4. The molecule has 1 nitrogen and oxygen atoms in total. The zero-order valence-electron chi connectivity index (χ0n) is 12.4. The first-order chi connectivity index (χ1) is 9.24. The zero-order valence-corrected chi connectivity index (χ0v) is 12.4. The van der Waals surface area contributed by atoms with Crippen LogP contribution >= 0.6 is 0 Å². The van der Waals surface area contributed by atoms with Gasteiger partial charge in [-0.2, -0.15) is 13.2 Å². The van der Waals surface area contributed by atoms with Gasteiger partial charge in [-0.05, 0) is 42.5 Å². The van der Waals surface area contributed by atoms with Crippen LogP contribution in [0.15, 0.2) is 36.0 Å². The first-order valence-electron chi connectivity index (χ1n) is 6.89. The van der Waals surface area contributed by atoms with E-state index in [2.05, 4.69) is 32.2 Å². The third-order valence-electron chi connectivity index (χ3n) is 3.41. The Morgan fingerprint density at radius 3 is 2.10 bits per heavy atom. The molecular formula is C16H22F3N. The number of nitrogens with one attached hydrogen (secondary N) is 1. The Balaban J connectivity index is 2.81. The summed E-state index contributed by atoms with van der Waals surface area (Å²) in [6, 6.07) is 5.13. The second kappa shape index (κ2) is 6.82. The molecule has 0 heterocycles. The van der Waals surface area contributed by atoms with Crippen molar-refractivity contribution in [2.24, 2.45) is 11.8 Å². The molecule has 0 saturated carbocycles. The van der Waals surface area contributed by atoms with Crippen LogP contribution in [0.4, 0.5) is 18.9 Å². The van der Waals surface area contributed by atoms with E-state index in [1.54, 1.807) is 0 Å². The van der Waals surface area contributed by atoms with E-state index in [4.69, 9.17) is 0 Å². The van der Waals surface area contributed by atoms with E-state index in [9.17, 15) is 13.2 Å². The number of benzene rings is 1. The Labute approximate surface area is 118 Å². The molecule has 0 bridgehead atoms. The van der Waals surface area contributed by atoms with Gasteiger partial charge in [-0.25, -0.2) is 0 Å². The van der Waals surface area contributed by atoms with Crippen molar-refractivity contribution in [3.05, 3.63) is 41.6 Å². The SMILES string of the molecule is CC/C(=C\C(C)C(C)C)Nc1ccc(C(F)(F)F)cc1. The normalized spacial score (nSPS) is 14.5. The number of alkyl halides is 3. The molecule has 1 unspecified atom stereocenters. The third-order valence-corrected chi connectivity index (χ3v) is 3.41. The molecule has 0 saturated heterocycles. The van der Waals surface area contributed by atoms with Crippen molar-refractivity contribution in [3.63, 3.8) is 0 Å². The summed E-state index contributed by atoms with van der Waals surface area (Å²) in [5, 5.41) is 3.19. The van der Waals surface area contributed by atoms with Gasteiger partial charge >= 0.3 is 6.18 Å². The number of allylic oxidation sites excluding steroid dienone is 2. The second-order valence-electron chi connectivity index (χ2n) is 5.35. The quantitative estimate of drug-likeness (QED) is 0.731. The highest BCUT2D eigenvalue weighted by Crippen LogP contribution is 2.30. The summed E-state index contributed by atoms with van der Waals surface area (Å²) in [4.78, 5) is 0. The van der Waals surface area contributed by atoms with Crippen molar-refractivity contribution in [2.45, 2.75) is 40.3 Å². The minimum Gasteiger partial charge on any atom is -0.359 e. The minimum absolute atomic E-state index is 0.423. The molecule has 1 N–H and O–H groups in total. The zero-order chi connectivity index (χ0) is 15.3. The van der Waals surface area contributed by atoms with Crippen LogP contribution in [0.25, 0.3) is 0 Å². The second-order valence-corrected chi connectivity index (χ2v) is 5.35. The maximum atomic E-state index is 12.5. The highest BCUT2D eigenvalue weighted by Gasteiger charge is 2.29. The van der Waals surface area contributed by atoms with E-state index in [1.807, 2.05) is 6.92 Å². The summed E-state index contributed by atoms with van der Waals surface area (Å²) in [5.74, 6) is 0.956. The van der Waals surface area contributed by atoms with Gasteiger partial charge in [0.2, 0.25) is 0 Å². The average molecular weight is 285 g/mol. The van der Waals surface area contributed by atoms with Crippen molar-refractivity contribution in [2.75, 3.05) is 5.32 Å². The van der Waals surface area contributed by atoms with Gasteiger partial charge in [0.1, 0.15) is 0 Å². The molecule has 1 aromatic rings. The molecule has 0 aromatic heterocycles. The van der Waals surface area contributed by atoms with Crippen LogP contribution in [0, 0.1) is 11.8 Å².